The third-order valence-corrected chi connectivity index (χ3v) is 7.62. The van der Waals surface area contributed by atoms with E-state index in [1.54, 1.807) is 10.9 Å². The second-order valence-corrected chi connectivity index (χ2v) is 10.1. The number of β-amino-alcohol motifs (C(OH)–C–C–N with tert-alkyl or cyclic N) is 1. The molecule has 0 amide bonds. The quantitative estimate of drug-likeness (QED) is 0.390. The average Bonchev–Trinajstić information content (AvgIpc) is 3.46. The lowest BCUT2D eigenvalue weighted by Gasteiger charge is -2.14. The van der Waals surface area contributed by atoms with Gasteiger partial charge in [0.1, 0.15) is 11.0 Å². The first-order chi connectivity index (χ1) is 16.5. The van der Waals surface area contributed by atoms with Crippen LogP contribution in [0.15, 0.2) is 71.8 Å². The molecule has 1 atom stereocenters. The van der Waals surface area contributed by atoms with Crippen molar-refractivity contribution in [3.63, 3.8) is 0 Å². The van der Waals surface area contributed by atoms with E-state index in [1.165, 1.54) is 11.3 Å². The minimum absolute atomic E-state index is 0.0910. The second-order valence-electron chi connectivity index (χ2n) is 8.61. The van der Waals surface area contributed by atoms with Crippen LogP contribution < -0.4 is 5.56 Å². The first kappa shape index (κ1) is 21.4. The van der Waals surface area contributed by atoms with E-state index < -0.39 is 0 Å². The molecule has 1 aliphatic rings. The van der Waals surface area contributed by atoms with Gasteiger partial charge in [0.15, 0.2) is 0 Å². The zero-order chi connectivity index (χ0) is 23.2. The van der Waals surface area contributed by atoms with Gasteiger partial charge >= 0.3 is 0 Å². The fourth-order valence-corrected chi connectivity index (χ4v) is 5.60. The van der Waals surface area contributed by atoms with Crippen molar-refractivity contribution >= 4 is 44.1 Å². The van der Waals surface area contributed by atoms with Crippen LogP contribution in [0, 0.1) is 0 Å². The van der Waals surface area contributed by atoms with Crippen molar-refractivity contribution in [3.8, 4) is 16.1 Å². The third-order valence-electron chi connectivity index (χ3n) is 6.21. The predicted octanol–water partition coefficient (Wildman–Crippen LogP) is 4.88. The number of aromatic nitrogens is 3. The Labute approximate surface area is 204 Å². The lowest BCUT2D eigenvalue weighted by molar-refractivity contribution is 0.174. The van der Waals surface area contributed by atoms with Crippen LogP contribution in [0.4, 0.5) is 0 Å². The molecule has 1 saturated heterocycles. The number of benzene rings is 2. The highest BCUT2D eigenvalue weighted by Crippen LogP contribution is 2.31. The van der Waals surface area contributed by atoms with Crippen LogP contribution in [0.25, 0.3) is 37.2 Å². The number of aliphatic hydroxyl groups is 1. The monoisotopic (exact) mass is 488 g/mol. The summed E-state index contributed by atoms with van der Waals surface area (Å²) in [6, 6.07) is 19.4. The van der Waals surface area contributed by atoms with E-state index in [9.17, 15) is 9.90 Å². The van der Waals surface area contributed by atoms with Crippen LogP contribution in [-0.4, -0.2) is 43.7 Å². The number of rotatable bonds is 4. The predicted molar refractivity (Wildman–Crippen MR) is 137 cm³/mol. The molecule has 2 aromatic carbocycles. The number of pyridine rings is 1. The Morgan fingerprint density at radius 1 is 1.06 bits per heavy atom. The molecule has 0 saturated carbocycles. The van der Waals surface area contributed by atoms with Gasteiger partial charge in [0.05, 0.1) is 28.5 Å². The molecule has 1 fully saturated rings. The Kier molecular flexibility index (Phi) is 5.42. The van der Waals surface area contributed by atoms with Gasteiger partial charge in [0.2, 0.25) is 0 Å². The molecule has 4 heterocycles. The summed E-state index contributed by atoms with van der Waals surface area (Å²) in [6.07, 6.45) is 2.16. The Hall–Kier alpha value is -3.10. The van der Waals surface area contributed by atoms with E-state index in [-0.39, 0.29) is 11.7 Å². The van der Waals surface area contributed by atoms with Gasteiger partial charge in [-0.1, -0.05) is 29.8 Å². The topological polar surface area (TPSA) is 71.2 Å². The average molecular weight is 489 g/mol. The van der Waals surface area contributed by atoms with Crippen molar-refractivity contribution in [2.45, 2.75) is 19.1 Å². The maximum Gasteiger partial charge on any atom is 0.275 e. The number of nitrogens with zero attached hydrogens (tertiary/aromatic N) is 4. The molecule has 0 aliphatic carbocycles. The minimum atomic E-state index is -0.238. The van der Waals surface area contributed by atoms with E-state index in [0.717, 1.165) is 52.2 Å². The molecule has 1 N–H and O–H groups in total. The van der Waals surface area contributed by atoms with Crippen LogP contribution in [0.2, 0.25) is 5.02 Å². The largest absolute Gasteiger partial charge is 0.392 e. The smallest absolute Gasteiger partial charge is 0.275 e. The standard InChI is InChI=1S/C26H21ClN4O2S/c27-18-4-1-16(2-5-18)24-12-23-25(34-24)26(33)31(15-28-23)20-7-8-22-17(11-20)3-6-19(29-22)13-30-10-9-21(32)14-30/h1-8,11-12,15,21,32H,9-10,13-14H2/t21-/m1/s1. The fraction of sp³-hybridized carbons (Fsp3) is 0.192. The number of hydrogen-bond donors (Lipinski definition) is 1. The molecule has 170 valence electrons. The SMILES string of the molecule is O=c1c2sc(-c3ccc(Cl)cc3)cc2ncn1-c1ccc2nc(CN3CC[C@@H](O)C3)ccc2c1. The maximum atomic E-state index is 13.3. The molecule has 8 heteroatoms. The molecule has 0 spiro atoms. The zero-order valence-corrected chi connectivity index (χ0v) is 19.8. The molecule has 5 aromatic rings. The zero-order valence-electron chi connectivity index (χ0n) is 18.2. The van der Waals surface area contributed by atoms with Gasteiger partial charge in [-0.15, -0.1) is 11.3 Å². The molecule has 34 heavy (non-hydrogen) atoms. The highest BCUT2D eigenvalue weighted by Gasteiger charge is 2.20. The van der Waals surface area contributed by atoms with Crippen molar-refractivity contribution in [2.24, 2.45) is 0 Å². The highest BCUT2D eigenvalue weighted by atomic mass is 35.5. The van der Waals surface area contributed by atoms with E-state index in [2.05, 4.69) is 9.88 Å². The summed E-state index contributed by atoms with van der Waals surface area (Å²) in [5, 5.41) is 11.4. The number of hydrogen-bond acceptors (Lipinski definition) is 6. The minimum Gasteiger partial charge on any atom is -0.392 e. The van der Waals surface area contributed by atoms with Crippen molar-refractivity contribution in [1.29, 1.82) is 0 Å². The number of likely N-dealkylation sites (tertiary alicyclic amines) is 1. The van der Waals surface area contributed by atoms with Crippen molar-refractivity contribution in [2.75, 3.05) is 13.1 Å². The molecule has 6 nitrogen and oxygen atoms in total. The van der Waals surface area contributed by atoms with Crippen molar-refractivity contribution in [3.05, 3.63) is 88.1 Å². The number of halogens is 1. The van der Waals surface area contributed by atoms with Crippen LogP contribution >= 0.6 is 22.9 Å². The van der Waals surface area contributed by atoms with E-state index >= 15 is 0 Å². The van der Waals surface area contributed by atoms with Gasteiger partial charge in [0, 0.05) is 34.9 Å². The number of thiophene rings is 1. The van der Waals surface area contributed by atoms with Gasteiger partial charge in [-0.2, -0.15) is 0 Å². The first-order valence-electron chi connectivity index (χ1n) is 11.1. The Bertz CT molecular complexity index is 1580. The van der Waals surface area contributed by atoms with Gasteiger partial charge < -0.3 is 5.11 Å². The van der Waals surface area contributed by atoms with Gasteiger partial charge in [-0.05, 0) is 54.4 Å². The first-order valence-corrected chi connectivity index (χ1v) is 12.3. The molecule has 0 bridgehead atoms. The van der Waals surface area contributed by atoms with Crippen LogP contribution in [0.5, 0.6) is 0 Å². The summed E-state index contributed by atoms with van der Waals surface area (Å²) in [7, 11) is 0. The Morgan fingerprint density at radius 3 is 2.71 bits per heavy atom. The van der Waals surface area contributed by atoms with Gasteiger partial charge in [0.25, 0.3) is 5.56 Å². The summed E-state index contributed by atoms with van der Waals surface area (Å²) in [5.41, 5.74) is 4.22. The molecule has 0 radical (unpaired) electrons. The summed E-state index contributed by atoms with van der Waals surface area (Å²) >= 11 is 7.45. The van der Waals surface area contributed by atoms with Crippen LogP contribution in [0.1, 0.15) is 12.1 Å². The molecule has 1 aliphatic heterocycles. The number of aliphatic hydroxyl groups excluding tert-OH is 1. The summed E-state index contributed by atoms with van der Waals surface area (Å²) in [4.78, 5) is 25.8. The second kappa shape index (κ2) is 8.60. The Balaban J connectivity index is 1.33. The highest BCUT2D eigenvalue weighted by molar-refractivity contribution is 7.22. The lowest BCUT2D eigenvalue weighted by Crippen LogP contribution is -2.22. The fourth-order valence-electron chi connectivity index (χ4n) is 4.43. The molecule has 3 aromatic heterocycles. The van der Waals surface area contributed by atoms with Gasteiger partial charge in [-0.3, -0.25) is 19.2 Å². The van der Waals surface area contributed by atoms with E-state index in [4.69, 9.17) is 16.6 Å². The molecular weight excluding hydrogens is 468 g/mol. The summed E-state index contributed by atoms with van der Waals surface area (Å²) < 4.78 is 2.21. The van der Waals surface area contributed by atoms with Gasteiger partial charge in [-0.25, -0.2) is 4.98 Å². The normalized spacial score (nSPS) is 16.6. The Morgan fingerprint density at radius 2 is 1.91 bits per heavy atom. The summed E-state index contributed by atoms with van der Waals surface area (Å²) in [6.45, 7) is 2.31. The maximum absolute atomic E-state index is 13.3. The lowest BCUT2D eigenvalue weighted by atomic mass is 10.1. The van der Waals surface area contributed by atoms with Crippen LogP contribution in [-0.2, 0) is 6.54 Å². The van der Waals surface area contributed by atoms with Crippen LogP contribution in [0.3, 0.4) is 0 Å². The molecule has 6 rings (SSSR count). The number of fused-ring (bicyclic) bond motifs is 2. The van der Waals surface area contributed by atoms with E-state index in [0.29, 0.717) is 21.8 Å². The van der Waals surface area contributed by atoms with Crippen molar-refractivity contribution in [1.82, 2.24) is 19.4 Å². The summed E-state index contributed by atoms with van der Waals surface area (Å²) in [5.74, 6) is 0. The van der Waals surface area contributed by atoms with Crippen molar-refractivity contribution < 1.29 is 5.11 Å². The molecule has 0 unspecified atom stereocenters. The molecular formula is C26H21ClN4O2S. The third kappa shape index (κ3) is 4.01. The van der Waals surface area contributed by atoms with E-state index in [1.807, 2.05) is 60.7 Å².